The minimum absolute atomic E-state index is 0.155. The zero-order valence-corrected chi connectivity index (χ0v) is 21.7. The van der Waals surface area contributed by atoms with Gasteiger partial charge in [-0.25, -0.2) is 4.21 Å². The molecule has 1 aromatic carbocycles. The van der Waals surface area contributed by atoms with Gasteiger partial charge in [-0.05, 0) is 54.6 Å². The predicted octanol–water partition coefficient (Wildman–Crippen LogP) is 6.48. The Bertz CT molecular complexity index is 884. The van der Waals surface area contributed by atoms with E-state index in [1.165, 1.54) is 11.3 Å². The maximum Gasteiger partial charge on any atom is 0.192 e. The lowest BCUT2D eigenvalue weighted by Gasteiger charge is -2.36. The van der Waals surface area contributed by atoms with Crippen LogP contribution in [0.5, 0.6) is 0 Å². The van der Waals surface area contributed by atoms with Crippen LogP contribution < -0.4 is 0 Å². The second-order valence-electron chi connectivity index (χ2n) is 9.54. The molecule has 0 spiro atoms. The first-order chi connectivity index (χ1) is 14.6. The molecule has 2 heterocycles. The van der Waals surface area contributed by atoms with Gasteiger partial charge in [-0.1, -0.05) is 45.0 Å². The van der Waals surface area contributed by atoms with Crippen LogP contribution in [0.4, 0.5) is 0 Å². The average molecular weight is 483 g/mol. The minimum atomic E-state index is -2.01. The summed E-state index contributed by atoms with van der Waals surface area (Å²) in [5.41, 5.74) is 2.10. The summed E-state index contributed by atoms with van der Waals surface area (Å²) in [5, 5.41) is 1.87. The first-order valence-corrected chi connectivity index (χ1v) is 15.7. The topological polar surface area (TPSA) is 65.0 Å². The molecule has 3 unspecified atom stereocenters. The third-order valence-corrected chi connectivity index (χ3v) is 12.4. The standard InChI is InChI=1S/C23H34O5S2Si/c1-23(2,3)31(4,5)27-15-17-9-8-10-18(13-17)22(28-21-11-6-7-12-26-21)20-14-19(16-29-20)30(24)25/h8-10,13-14,16,21-22H,6-7,11-12,15H2,1-5H3,(H,24,25). The van der Waals surface area contributed by atoms with Crippen molar-refractivity contribution in [3.63, 3.8) is 0 Å². The van der Waals surface area contributed by atoms with Crippen LogP contribution in [-0.2, 0) is 31.6 Å². The molecule has 1 N–H and O–H groups in total. The number of thiophene rings is 1. The molecule has 172 valence electrons. The maximum atomic E-state index is 11.5. The average Bonchev–Trinajstić information content (AvgIpc) is 3.21. The molecule has 3 rings (SSSR count). The van der Waals surface area contributed by atoms with Crippen molar-refractivity contribution < 1.29 is 22.7 Å². The lowest BCUT2D eigenvalue weighted by molar-refractivity contribution is -0.180. The summed E-state index contributed by atoms with van der Waals surface area (Å²) in [5.74, 6) is 0. The molecule has 1 aliphatic heterocycles. The van der Waals surface area contributed by atoms with Gasteiger partial charge in [0.2, 0.25) is 0 Å². The van der Waals surface area contributed by atoms with Crippen LogP contribution in [0.2, 0.25) is 18.1 Å². The van der Waals surface area contributed by atoms with Crippen LogP contribution in [0.25, 0.3) is 0 Å². The fraction of sp³-hybridized carbons (Fsp3) is 0.565. The van der Waals surface area contributed by atoms with E-state index in [0.717, 1.165) is 35.3 Å². The van der Waals surface area contributed by atoms with Crippen LogP contribution in [0.3, 0.4) is 0 Å². The second-order valence-corrected chi connectivity index (χ2v) is 16.3. The van der Waals surface area contributed by atoms with Crippen LogP contribution in [-0.4, -0.2) is 30.0 Å². The van der Waals surface area contributed by atoms with E-state index in [1.807, 2.05) is 12.1 Å². The summed E-state index contributed by atoms with van der Waals surface area (Å²) in [6, 6.07) is 10.0. The van der Waals surface area contributed by atoms with Crippen LogP contribution in [0.1, 0.15) is 62.1 Å². The third kappa shape index (κ3) is 6.57. The Hall–Kier alpha value is -0.873. The zero-order chi connectivity index (χ0) is 22.6. The smallest absolute Gasteiger partial charge is 0.192 e. The van der Waals surface area contributed by atoms with Gasteiger partial charge in [0, 0.05) is 16.9 Å². The van der Waals surface area contributed by atoms with Gasteiger partial charge in [0.05, 0.1) is 11.5 Å². The Morgan fingerprint density at radius 2 is 2.06 bits per heavy atom. The summed E-state index contributed by atoms with van der Waals surface area (Å²) in [7, 11) is -1.85. The Morgan fingerprint density at radius 1 is 1.29 bits per heavy atom. The van der Waals surface area contributed by atoms with Gasteiger partial charge >= 0.3 is 0 Å². The van der Waals surface area contributed by atoms with Gasteiger partial charge in [0.1, 0.15) is 6.10 Å². The molecule has 5 nitrogen and oxygen atoms in total. The Balaban J connectivity index is 1.84. The predicted molar refractivity (Wildman–Crippen MR) is 128 cm³/mol. The van der Waals surface area contributed by atoms with Crippen molar-refractivity contribution in [1.82, 2.24) is 0 Å². The zero-order valence-electron chi connectivity index (χ0n) is 19.1. The monoisotopic (exact) mass is 482 g/mol. The van der Waals surface area contributed by atoms with E-state index in [-0.39, 0.29) is 17.4 Å². The molecular formula is C23H34O5S2Si. The molecular weight excluding hydrogens is 448 g/mol. The van der Waals surface area contributed by atoms with E-state index >= 15 is 0 Å². The van der Waals surface area contributed by atoms with Crippen molar-refractivity contribution in [2.45, 2.75) is 82.1 Å². The minimum Gasteiger partial charge on any atom is -0.413 e. The molecule has 0 aliphatic carbocycles. The van der Waals surface area contributed by atoms with Crippen LogP contribution in [0, 0.1) is 0 Å². The summed E-state index contributed by atoms with van der Waals surface area (Å²) in [4.78, 5) is 1.30. The second kappa shape index (κ2) is 10.4. The molecule has 0 saturated carbocycles. The molecule has 0 radical (unpaired) electrons. The molecule has 1 aromatic heterocycles. The van der Waals surface area contributed by atoms with Crippen molar-refractivity contribution in [3.8, 4) is 0 Å². The van der Waals surface area contributed by atoms with Crippen molar-refractivity contribution in [3.05, 3.63) is 51.7 Å². The number of hydrogen-bond acceptors (Lipinski definition) is 5. The summed E-state index contributed by atoms with van der Waals surface area (Å²) < 4.78 is 39.6. The number of hydrogen-bond donors (Lipinski definition) is 1. The molecule has 1 aliphatic rings. The highest BCUT2D eigenvalue weighted by atomic mass is 32.2. The van der Waals surface area contributed by atoms with Gasteiger partial charge in [0.15, 0.2) is 25.7 Å². The molecule has 0 bridgehead atoms. The fourth-order valence-electron chi connectivity index (χ4n) is 3.17. The lowest BCUT2D eigenvalue weighted by Crippen LogP contribution is -2.40. The van der Waals surface area contributed by atoms with Gasteiger partial charge in [-0.15, -0.1) is 11.3 Å². The van der Waals surface area contributed by atoms with Crippen molar-refractivity contribution in [2.75, 3.05) is 6.61 Å². The highest BCUT2D eigenvalue weighted by Crippen LogP contribution is 2.38. The van der Waals surface area contributed by atoms with Gasteiger partial charge in [-0.3, -0.25) is 0 Å². The Labute approximate surface area is 193 Å². The normalized spacial score (nSPS) is 19.9. The van der Waals surface area contributed by atoms with E-state index in [9.17, 15) is 8.76 Å². The molecule has 8 heteroatoms. The van der Waals surface area contributed by atoms with E-state index < -0.39 is 19.4 Å². The van der Waals surface area contributed by atoms with Gasteiger partial charge in [0.25, 0.3) is 0 Å². The van der Waals surface area contributed by atoms with Crippen molar-refractivity contribution >= 4 is 30.7 Å². The van der Waals surface area contributed by atoms with Crippen LogP contribution >= 0.6 is 11.3 Å². The van der Waals surface area contributed by atoms with Gasteiger partial charge in [-0.2, -0.15) is 0 Å². The Kier molecular flexibility index (Phi) is 8.29. The number of rotatable bonds is 8. The molecule has 31 heavy (non-hydrogen) atoms. The highest BCUT2D eigenvalue weighted by Gasteiger charge is 2.37. The third-order valence-electron chi connectivity index (χ3n) is 6.14. The lowest BCUT2D eigenvalue weighted by atomic mass is 10.0. The molecule has 2 aromatic rings. The van der Waals surface area contributed by atoms with E-state index in [0.29, 0.717) is 18.1 Å². The quantitative estimate of drug-likeness (QED) is 0.344. The van der Waals surface area contributed by atoms with Crippen molar-refractivity contribution in [1.29, 1.82) is 0 Å². The molecule has 1 saturated heterocycles. The SMILES string of the molecule is CC(C)(C)[Si](C)(C)OCc1cccc(C(OC2CCCCO2)c2cc(S(=O)O)cs2)c1. The Morgan fingerprint density at radius 3 is 2.68 bits per heavy atom. The summed E-state index contributed by atoms with van der Waals surface area (Å²) >= 11 is -0.567. The molecule has 1 fully saturated rings. The summed E-state index contributed by atoms with van der Waals surface area (Å²) in [6.07, 6.45) is 2.37. The highest BCUT2D eigenvalue weighted by molar-refractivity contribution is 7.79. The fourth-order valence-corrected chi connectivity index (χ4v) is 5.74. The van der Waals surface area contributed by atoms with Gasteiger partial charge < -0.3 is 18.5 Å². The molecule has 0 amide bonds. The van der Waals surface area contributed by atoms with Crippen molar-refractivity contribution in [2.24, 2.45) is 0 Å². The largest absolute Gasteiger partial charge is 0.413 e. The van der Waals surface area contributed by atoms with E-state index in [1.54, 1.807) is 11.4 Å². The van der Waals surface area contributed by atoms with E-state index in [2.05, 4.69) is 46.0 Å². The number of benzene rings is 1. The first-order valence-electron chi connectivity index (χ1n) is 10.8. The molecule has 3 atom stereocenters. The van der Waals surface area contributed by atoms with E-state index in [4.69, 9.17) is 13.9 Å². The number of ether oxygens (including phenoxy) is 2. The first kappa shape index (κ1) is 24.8. The van der Waals surface area contributed by atoms with Crippen LogP contribution in [0.15, 0.2) is 40.6 Å². The maximum absolute atomic E-state index is 11.5. The summed E-state index contributed by atoms with van der Waals surface area (Å²) in [6.45, 7) is 12.5.